The number of methoxy groups -OCH3 is 1. The van der Waals surface area contributed by atoms with Crippen molar-refractivity contribution < 1.29 is 19.1 Å². The van der Waals surface area contributed by atoms with Crippen LogP contribution >= 0.6 is 0 Å². The lowest BCUT2D eigenvalue weighted by Crippen LogP contribution is -2.43. The predicted octanol–water partition coefficient (Wildman–Crippen LogP) is 2.96. The van der Waals surface area contributed by atoms with Gasteiger partial charge < -0.3 is 19.3 Å². The van der Waals surface area contributed by atoms with Crippen LogP contribution in [0.25, 0.3) is 0 Å². The zero-order chi connectivity index (χ0) is 19.4. The van der Waals surface area contributed by atoms with Crippen LogP contribution in [-0.4, -0.2) is 61.0 Å². The molecule has 0 unspecified atom stereocenters. The molecule has 2 heterocycles. The van der Waals surface area contributed by atoms with Crippen molar-refractivity contribution in [3.63, 3.8) is 0 Å². The maximum absolute atomic E-state index is 12.9. The Morgan fingerprint density at radius 3 is 2.26 bits per heavy atom. The Bertz CT molecular complexity index is 675. The number of hydrogen-bond acceptors (Lipinski definition) is 4. The minimum absolute atomic E-state index is 0.0172. The normalized spacial score (nSPS) is 18.1. The molecule has 0 saturated carbocycles. The second kappa shape index (κ2) is 8.63. The maximum Gasteiger partial charge on any atom is 0.253 e. The van der Waals surface area contributed by atoms with E-state index in [1.165, 1.54) is 0 Å². The molecule has 148 valence electrons. The van der Waals surface area contributed by atoms with Gasteiger partial charge in [0.25, 0.3) is 5.91 Å². The number of benzene rings is 1. The first kappa shape index (κ1) is 19.5. The van der Waals surface area contributed by atoms with E-state index in [0.717, 1.165) is 38.8 Å². The number of nitrogens with zero attached hydrogens (tertiary/aromatic N) is 2. The van der Waals surface area contributed by atoms with E-state index in [-0.39, 0.29) is 23.8 Å². The van der Waals surface area contributed by atoms with E-state index in [9.17, 15) is 9.59 Å². The van der Waals surface area contributed by atoms with Crippen LogP contribution in [0.5, 0.6) is 11.5 Å². The van der Waals surface area contributed by atoms with Gasteiger partial charge in [-0.15, -0.1) is 0 Å². The van der Waals surface area contributed by atoms with E-state index in [4.69, 9.17) is 9.47 Å². The molecule has 0 spiro atoms. The molecule has 27 heavy (non-hydrogen) atoms. The first-order chi connectivity index (χ1) is 13.0. The molecule has 0 atom stereocenters. The van der Waals surface area contributed by atoms with E-state index >= 15 is 0 Å². The average Bonchev–Trinajstić information content (AvgIpc) is 3.21. The summed E-state index contributed by atoms with van der Waals surface area (Å²) in [5, 5.41) is 0. The SMILES string of the molecule is COc1cc(C(=O)N2CCC(C(=O)N3CCCC3)CC2)ccc1OC(C)C. The van der Waals surface area contributed by atoms with Crippen molar-refractivity contribution in [2.45, 2.75) is 45.6 Å². The van der Waals surface area contributed by atoms with Crippen molar-refractivity contribution in [3.05, 3.63) is 23.8 Å². The summed E-state index contributed by atoms with van der Waals surface area (Å²) < 4.78 is 11.1. The van der Waals surface area contributed by atoms with Gasteiger partial charge in [-0.3, -0.25) is 9.59 Å². The quantitative estimate of drug-likeness (QED) is 0.795. The van der Waals surface area contributed by atoms with E-state index in [2.05, 4.69) is 0 Å². The second-order valence-electron chi connectivity index (χ2n) is 7.63. The minimum atomic E-state index is -0.0172. The molecule has 2 fully saturated rings. The molecule has 0 aromatic heterocycles. The molecular formula is C21H30N2O4. The monoisotopic (exact) mass is 374 g/mol. The van der Waals surface area contributed by atoms with Crippen molar-refractivity contribution in [1.82, 2.24) is 9.80 Å². The van der Waals surface area contributed by atoms with Crippen molar-refractivity contribution in [2.24, 2.45) is 5.92 Å². The fourth-order valence-corrected chi connectivity index (χ4v) is 3.86. The average molecular weight is 374 g/mol. The van der Waals surface area contributed by atoms with Gasteiger partial charge in [0.15, 0.2) is 11.5 Å². The Morgan fingerprint density at radius 2 is 1.67 bits per heavy atom. The van der Waals surface area contributed by atoms with Crippen LogP contribution in [0.4, 0.5) is 0 Å². The number of carbonyl (C=O) groups is 2. The van der Waals surface area contributed by atoms with E-state index in [0.29, 0.717) is 30.2 Å². The Kier molecular flexibility index (Phi) is 6.24. The summed E-state index contributed by atoms with van der Waals surface area (Å²) in [6, 6.07) is 5.31. The van der Waals surface area contributed by atoms with Gasteiger partial charge >= 0.3 is 0 Å². The summed E-state index contributed by atoms with van der Waals surface area (Å²) >= 11 is 0. The van der Waals surface area contributed by atoms with Gasteiger partial charge in [0.1, 0.15) is 0 Å². The highest BCUT2D eigenvalue weighted by Crippen LogP contribution is 2.30. The Hall–Kier alpha value is -2.24. The number of piperidine rings is 1. The molecule has 1 aromatic rings. The second-order valence-corrected chi connectivity index (χ2v) is 7.63. The molecule has 0 aliphatic carbocycles. The number of carbonyl (C=O) groups excluding carboxylic acids is 2. The highest BCUT2D eigenvalue weighted by molar-refractivity contribution is 5.95. The van der Waals surface area contributed by atoms with Crippen molar-refractivity contribution in [3.8, 4) is 11.5 Å². The molecule has 2 aliphatic rings. The van der Waals surface area contributed by atoms with Crippen LogP contribution in [0.15, 0.2) is 18.2 Å². The smallest absolute Gasteiger partial charge is 0.253 e. The van der Waals surface area contributed by atoms with Gasteiger partial charge in [0.2, 0.25) is 5.91 Å². The first-order valence-corrected chi connectivity index (χ1v) is 9.92. The Balaban J connectivity index is 1.61. The number of ether oxygens (including phenoxy) is 2. The van der Waals surface area contributed by atoms with Gasteiger partial charge in [-0.25, -0.2) is 0 Å². The fraction of sp³-hybridized carbons (Fsp3) is 0.619. The lowest BCUT2D eigenvalue weighted by Gasteiger charge is -2.33. The fourth-order valence-electron chi connectivity index (χ4n) is 3.86. The van der Waals surface area contributed by atoms with Gasteiger partial charge in [0.05, 0.1) is 13.2 Å². The molecular weight excluding hydrogens is 344 g/mol. The largest absolute Gasteiger partial charge is 0.493 e. The number of rotatable bonds is 5. The summed E-state index contributed by atoms with van der Waals surface area (Å²) in [5.74, 6) is 1.52. The lowest BCUT2D eigenvalue weighted by molar-refractivity contribution is -0.135. The number of likely N-dealkylation sites (tertiary alicyclic amines) is 2. The van der Waals surface area contributed by atoms with Crippen LogP contribution in [-0.2, 0) is 4.79 Å². The van der Waals surface area contributed by atoms with E-state index < -0.39 is 0 Å². The highest BCUT2D eigenvalue weighted by atomic mass is 16.5. The van der Waals surface area contributed by atoms with Crippen molar-refractivity contribution in [1.29, 1.82) is 0 Å². The van der Waals surface area contributed by atoms with E-state index in [1.807, 2.05) is 23.6 Å². The Labute approximate surface area is 161 Å². The third-order valence-corrected chi connectivity index (χ3v) is 5.32. The zero-order valence-corrected chi connectivity index (χ0v) is 16.6. The van der Waals surface area contributed by atoms with Gasteiger partial charge in [-0.05, 0) is 57.7 Å². The number of amides is 2. The predicted molar refractivity (Wildman–Crippen MR) is 103 cm³/mol. The molecule has 0 radical (unpaired) electrons. The third kappa shape index (κ3) is 4.54. The maximum atomic E-state index is 12.9. The van der Waals surface area contributed by atoms with E-state index in [1.54, 1.807) is 25.3 Å². The summed E-state index contributed by atoms with van der Waals surface area (Å²) in [6.07, 6.45) is 3.75. The van der Waals surface area contributed by atoms with Gasteiger partial charge in [0, 0.05) is 37.7 Å². The standard InChI is InChI=1S/C21H30N2O4/c1-15(2)27-18-7-6-17(14-19(18)26-3)21(25)23-12-8-16(9-13-23)20(24)22-10-4-5-11-22/h6-7,14-16H,4-5,8-13H2,1-3H3. The molecule has 1 aromatic carbocycles. The summed E-state index contributed by atoms with van der Waals surface area (Å²) in [5.41, 5.74) is 0.590. The zero-order valence-electron chi connectivity index (χ0n) is 16.6. The van der Waals surface area contributed by atoms with Crippen LogP contribution in [0.3, 0.4) is 0 Å². The van der Waals surface area contributed by atoms with Crippen molar-refractivity contribution in [2.75, 3.05) is 33.3 Å². The van der Waals surface area contributed by atoms with Crippen LogP contribution in [0.2, 0.25) is 0 Å². The molecule has 2 amide bonds. The molecule has 0 N–H and O–H groups in total. The van der Waals surface area contributed by atoms with Gasteiger partial charge in [-0.1, -0.05) is 0 Å². The molecule has 6 heteroatoms. The Morgan fingerprint density at radius 1 is 1.00 bits per heavy atom. The number of hydrogen-bond donors (Lipinski definition) is 0. The molecule has 2 saturated heterocycles. The minimum Gasteiger partial charge on any atom is -0.493 e. The third-order valence-electron chi connectivity index (χ3n) is 5.32. The van der Waals surface area contributed by atoms with Crippen LogP contribution < -0.4 is 9.47 Å². The van der Waals surface area contributed by atoms with Crippen LogP contribution in [0, 0.1) is 5.92 Å². The molecule has 6 nitrogen and oxygen atoms in total. The summed E-state index contributed by atoms with van der Waals surface area (Å²) in [4.78, 5) is 29.2. The lowest BCUT2D eigenvalue weighted by atomic mass is 9.95. The highest BCUT2D eigenvalue weighted by Gasteiger charge is 2.31. The molecule has 3 rings (SSSR count). The van der Waals surface area contributed by atoms with Crippen molar-refractivity contribution >= 4 is 11.8 Å². The van der Waals surface area contributed by atoms with Crippen LogP contribution in [0.1, 0.15) is 49.9 Å². The molecule has 2 aliphatic heterocycles. The topological polar surface area (TPSA) is 59.1 Å². The summed E-state index contributed by atoms with van der Waals surface area (Å²) in [7, 11) is 1.58. The van der Waals surface area contributed by atoms with Gasteiger partial charge in [-0.2, -0.15) is 0 Å². The first-order valence-electron chi connectivity index (χ1n) is 9.92. The summed E-state index contributed by atoms with van der Waals surface area (Å²) in [6.45, 7) is 6.93. The molecule has 0 bridgehead atoms.